The van der Waals surface area contributed by atoms with Crippen molar-refractivity contribution in [1.29, 1.82) is 0 Å². The van der Waals surface area contributed by atoms with Gasteiger partial charge in [-0.25, -0.2) is 4.79 Å². The van der Waals surface area contributed by atoms with Gasteiger partial charge < -0.3 is 9.84 Å². The number of carboxylic acids is 1. The van der Waals surface area contributed by atoms with Gasteiger partial charge >= 0.3 is 5.97 Å². The summed E-state index contributed by atoms with van der Waals surface area (Å²) in [5.41, 5.74) is 0. The average Bonchev–Trinajstić information content (AvgIpc) is 2.52. The molecule has 0 aliphatic carbocycles. The zero-order valence-electron chi connectivity index (χ0n) is 7.24. The van der Waals surface area contributed by atoms with Crippen LogP contribution in [0.1, 0.15) is 21.5 Å². The highest BCUT2D eigenvalue weighted by Crippen LogP contribution is 2.23. The third-order valence-corrected chi connectivity index (χ3v) is 2.52. The molecule has 70 valence electrons. The number of thiophene rings is 1. The second-order valence-electron chi connectivity index (χ2n) is 2.33. The Bertz CT molecular complexity index is 327. The molecule has 13 heavy (non-hydrogen) atoms. The third-order valence-electron chi connectivity index (χ3n) is 1.41. The predicted molar refractivity (Wildman–Crippen MR) is 51.9 cm³/mol. The van der Waals surface area contributed by atoms with Crippen molar-refractivity contribution in [2.75, 3.05) is 6.61 Å². The highest BCUT2D eigenvalue weighted by atomic mass is 32.1. The second-order valence-corrected chi connectivity index (χ2v) is 3.41. The molecule has 0 bridgehead atoms. The highest BCUT2D eigenvalue weighted by Gasteiger charge is 2.08. The maximum Gasteiger partial charge on any atom is 0.345 e. The first kappa shape index (κ1) is 9.80. The van der Waals surface area contributed by atoms with Gasteiger partial charge in [0.1, 0.15) is 10.6 Å². The normalized spacial score (nSPS) is 9.62. The maximum atomic E-state index is 10.5. The molecule has 1 heterocycles. The van der Waals surface area contributed by atoms with Gasteiger partial charge in [0.25, 0.3) is 0 Å². The van der Waals surface area contributed by atoms with Crippen LogP contribution in [-0.2, 0) is 4.74 Å². The van der Waals surface area contributed by atoms with Gasteiger partial charge in [-0.3, -0.25) is 0 Å². The van der Waals surface area contributed by atoms with E-state index in [1.807, 2.05) is 6.92 Å². The monoisotopic (exact) mass is 198 g/mol. The molecule has 0 amide bonds. The van der Waals surface area contributed by atoms with Crippen LogP contribution in [0.3, 0.4) is 0 Å². The lowest BCUT2D eigenvalue weighted by Gasteiger charge is -2.02. The van der Waals surface area contributed by atoms with Crippen molar-refractivity contribution < 1.29 is 14.6 Å². The van der Waals surface area contributed by atoms with Gasteiger partial charge in [-0.1, -0.05) is 6.58 Å². The third kappa shape index (κ3) is 2.32. The Kier molecular flexibility index (Phi) is 3.08. The molecule has 0 aromatic carbocycles. The van der Waals surface area contributed by atoms with E-state index in [1.54, 1.807) is 12.1 Å². The maximum absolute atomic E-state index is 10.5. The molecule has 0 saturated carbocycles. The zero-order chi connectivity index (χ0) is 9.84. The molecule has 3 nitrogen and oxygen atoms in total. The fourth-order valence-corrected chi connectivity index (χ4v) is 1.62. The smallest absolute Gasteiger partial charge is 0.345 e. The van der Waals surface area contributed by atoms with E-state index in [9.17, 15) is 4.79 Å². The van der Waals surface area contributed by atoms with Gasteiger partial charge in [0, 0.05) is 0 Å². The van der Waals surface area contributed by atoms with Gasteiger partial charge in [-0.2, -0.15) is 0 Å². The molecule has 0 spiro atoms. The lowest BCUT2D eigenvalue weighted by molar-refractivity contribution is 0.0702. The molecule has 1 aromatic heterocycles. The van der Waals surface area contributed by atoms with Crippen LogP contribution in [0.4, 0.5) is 0 Å². The molecule has 0 radical (unpaired) electrons. The summed E-state index contributed by atoms with van der Waals surface area (Å²) in [7, 11) is 0. The number of hydrogen-bond donors (Lipinski definition) is 1. The van der Waals surface area contributed by atoms with Crippen LogP contribution in [0, 0.1) is 0 Å². The van der Waals surface area contributed by atoms with Gasteiger partial charge in [0.15, 0.2) is 0 Å². The van der Waals surface area contributed by atoms with Crippen molar-refractivity contribution in [3.8, 4) is 0 Å². The Morgan fingerprint density at radius 1 is 1.62 bits per heavy atom. The van der Waals surface area contributed by atoms with Crippen LogP contribution in [-0.4, -0.2) is 17.7 Å². The summed E-state index contributed by atoms with van der Waals surface area (Å²) < 4.78 is 5.14. The second kappa shape index (κ2) is 4.09. The summed E-state index contributed by atoms with van der Waals surface area (Å²) in [5.74, 6) is -0.388. The average molecular weight is 198 g/mol. The Morgan fingerprint density at radius 2 is 2.23 bits per heavy atom. The molecule has 4 heteroatoms. The van der Waals surface area contributed by atoms with E-state index < -0.39 is 5.97 Å². The van der Waals surface area contributed by atoms with Crippen LogP contribution < -0.4 is 0 Å². The summed E-state index contributed by atoms with van der Waals surface area (Å²) in [6.45, 7) is 6.08. The van der Waals surface area contributed by atoms with E-state index in [0.717, 1.165) is 16.2 Å². The first-order chi connectivity index (χ1) is 6.15. The van der Waals surface area contributed by atoms with Crippen molar-refractivity contribution in [2.45, 2.75) is 6.92 Å². The number of hydrogen-bond acceptors (Lipinski definition) is 3. The van der Waals surface area contributed by atoms with Gasteiger partial charge in [-0.15, -0.1) is 11.3 Å². The standard InChI is InChI=1S/C9H10O3S/c1-3-12-6(2)7-4-5-8(13-7)9(10)11/h4-5H,2-3H2,1H3,(H,10,11). The van der Waals surface area contributed by atoms with Crippen LogP contribution in [0.25, 0.3) is 5.76 Å². The van der Waals surface area contributed by atoms with E-state index >= 15 is 0 Å². The van der Waals surface area contributed by atoms with Crippen LogP contribution in [0.15, 0.2) is 18.7 Å². The number of rotatable bonds is 4. The SMILES string of the molecule is C=C(OCC)c1ccc(C(=O)O)s1. The van der Waals surface area contributed by atoms with E-state index in [2.05, 4.69) is 6.58 Å². The van der Waals surface area contributed by atoms with E-state index in [-0.39, 0.29) is 0 Å². The number of aromatic carboxylic acids is 1. The predicted octanol–water partition coefficient (Wildman–Crippen LogP) is 2.45. The highest BCUT2D eigenvalue weighted by molar-refractivity contribution is 7.14. The Morgan fingerprint density at radius 3 is 2.69 bits per heavy atom. The van der Waals surface area contributed by atoms with E-state index in [1.165, 1.54) is 0 Å². The van der Waals surface area contributed by atoms with Gasteiger partial charge in [0.05, 0.1) is 11.5 Å². The van der Waals surface area contributed by atoms with E-state index in [0.29, 0.717) is 17.2 Å². The Balaban J connectivity index is 2.79. The molecule has 0 aliphatic heterocycles. The fourth-order valence-electron chi connectivity index (χ4n) is 0.848. The number of carboxylic acid groups (broad SMARTS) is 1. The molecule has 0 atom stereocenters. The van der Waals surface area contributed by atoms with Crippen molar-refractivity contribution >= 4 is 23.1 Å². The molecule has 1 aromatic rings. The van der Waals surface area contributed by atoms with Crippen LogP contribution >= 0.6 is 11.3 Å². The van der Waals surface area contributed by atoms with Crippen LogP contribution in [0.2, 0.25) is 0 Å². The molecule has 0 saturated heterocycles. The van der Waals surface area contributed by atoms with Gasteiger partial charge in [-0.05, 0) is 19.1 Å². The molecular formula is C9H10O3S. The van der Waals surface area contributed by atoms with Crippen molar-refractivity contribution in [2.24, 2.45) is 0 Å². The topological polar surface area (TPSA) is 46.5 Å². The molecular weight excluding hydrogens is 188 g/mol. The van der Waals surface area contributed by atoms with E-state index in [4.69, 9.17) is 9.84 Å². The number of carbonyl (C=O) groups is 1. The Labute approximate surface area is 80.3 Å². The first-order valence-electron chi connectivity index (χ1n) is 3.80. The fraction of sp³-hybridized carbons (Fsp3) is 0.222. The minimum atomic E-state index is -0.916. The molecule has 0 aliphatic rings. The van der Waals surface area contributed by atoms with Crippen molar-refractivity contribution in [3.63, 3.8) is 0 Å². The molecule has 0 fully saturated rings. The van der Waals surface area contributed by atoms with Gasteiger partial charge in [0.2, 0.25) is 0 Å². The lowest BCUT2D eigenvalue weighted by Crippen LogP contribution is -1.90. The first-order valence-corrected chi connectivity index (χ1v) is 4.62. The van der Waals surface area contributed by atoms with Crippen molar-refractivity contribution in [1.82, 2.24) is 0 Å². The summed E-state index contributed by atoms with van der Waals surface area (Å²) >= 11 is 1.16. The molecule has 0 unspecified atom stereocenters. The minimum absolute atomic E-state index is 0.302. The lowest BCUT2D eigenvalue weighted by atomic mass is 10.4. The van der Waals surface area contributed by atoms with Crippen molar-refractivity contribution in [3.05, 3.63) is 28.5 Å². The van der Waals surface area contributed by atoms with Crippen LogP contribution in [0.5, 0.6) is 0 Å². The largest absolute Gasteiger partial charge is 0.493 e. The molecule has 1 rings (SSSR count). The summed E-state index contributed by atoms with van der Waals surface area (Å²) in [6, 6.07) is 3.25. The quantitative estimate of drug-likeness (QED) is 0.756. The number of ether oxygens (including phenoxy) is 1. The Hall–Kier alpha value is -1.29. The summed E-state index contributed by atoms with van der Waals surface area (Å²) in [5, 5.41) is 8.65. The summed E-state index contributed by atoms with van der Waals surface area (Å²) in [4.78, 5) is 11.6. The summed E-state index contributed by atoms with van der Waals surface area (Å²) in [6.07, 6.45) is 0. The molecule has 1 N–H and O–H groups in total. The zero-order valence-corrected chi connectivity index (χ0v) is 8.06. The minimum Gasteiger partial charge on any atom is -0.493 e.